The van der Waals surface area contributed by atoms with E-state index in [4.69, 9.17) is 5.11 Å². The Hall–Kier alpha value is -1.39. The molecule has 0 bridgehead atoms. The molecular weight excluding hydrogens is 204 g/mol. The van der Waals surface area contributed by atoms with Crippen LogP contribution in [0.3, 0.4) is 0 Å². The van der Waals surface area contributed by atoms with E-state index in [-0.39, 0.29) is 0 Å². The zero-order valence-corrected chi connectivity index (χ0v) is 9.68. The number of nitrogens with one attached hydrogen (secondary N) is 1. The summed E-state index contributed by atoms with van der Waals surface area (Å²) in [7, 11) is 3.58. The molecule has 0 saturated carbocycles. The van der Waals surface area contributed by atoms with Gasteiger partial charge in [-0.15, -0.1) is 0 Å². The van der Waals surface area contributed by atoms with Crippen LogP contribution >= 0.6 is 0 Å². The first-order chi connectivity index (χ1) is 7.63. The monoisotopic (exact) mass is 222 g/mol. The lowest BCUT2D eigenvalue weighted by atomic mass is 10.2. The largest absolute Gasteiger partial charge is 0.480 e. The predicted molar refractivity (Wildman–Crippen MR) is 63.3 cm³/mol. The Kier molecular flexibility index (Phi) is 4.95. The van der Waals surface area contributed by atoms with Crippen LogP contribution < -0.4 is 5.32 Å². The molecule has 0 aliphatic rings. The average molecular weight is 222 g/mol. The van der Waals surface area contributed by atoms with Crippen LogP contribution in [0.4, 0.5) is 0 Å². The molecule has 0 radical (unpaired) electrons. The second-order valence-electron chi connectivity index (χ2n) is 3.86. The lowest BCUT2D eigenvalue weighted by molar-refractivity contribution is -0.139. The first-order valence-corrected chi connectivity index (χ1v) is 5.26. The van der Waals surface area contributed by atoms with E-state index in [1.807, 2.05) is 42.3 Å². The third kappa shape index (κ3) is 4.00. The molecule has 2 N–H and O–H groups in total. The van der Waals surface area contributed by atoms with Crippen LogP contribution in [0.1, 0.15) is 5.56 Å². The van der Waals surface area contributed by atoms with Crippen molar-refractivity contribution >= 4 is 5.97 Å². The predicted octanol–water partition coefficient (Wildman–Crippen LogP) is 0.791. The highest BCUT2D eigenvalue weighted by molar-refractivity contribution is 5.73. The van der Waals surface area contributed by atoms with E-state index in [0.717, 1.165) is 6.54 Å². The van der Waals surface area contributed by atoms with Crippen molar-refractivity contribution in [1.82, 2.24) is 10.2 Å². The SMILES string of the molecule is CNC(CN(C)Cc1ccccc1)C(=O)O. The van der Waals surface area contributed by atoms with Crippen LogP contribution in [0.25, 0.3) is 0 Å². The molecule has 4 heteroatoms. The molecule has 1 atom stereocenters. The minimum absolute atomic E-state index is 0.487. The molecule has 0 aliphatic carbocycles. The van der Waals surface area contributed by atoms with E-state index >= 15 is 0 Å². The molecule has 16 heavy (non-hydrogen) atoms. The number of benzene rings is 1. The van der Waals surface area contributed by atoms with Gasteiger partial charge in [-0.3, -0.25) is 9.69 Å². The zero-order chi connectivity index (χ0) is 12.0. The van der Waals surface area contributed by atoms with Gasteiger partial charge in [0.15, 0.2) is 0 Å². The summed E-state index contributed by atoms with van der Waals surface area (Å²) in [4.78, 5) is 12.8. The molecule has 0 aromatic heterocycles. The van der Waals surface area contributed by atoms with E-state index < -0.39 is 12.0 Å². The number of nitrogens with zero attached hydrogens (tertiary/aromatic N) is 1. The minimum Gasteiger partial charge on any atom is -0.480 e. The van der Waals surface area contributed by atoms with Gasteiger partial charge in [0.1, 0.15) is 6.04 Å². The summed E-state index contributed by atoms with van der Waals surface area (Å²) in [5.74, 6) is -0.817. The molecule has 0 heterocycles. The number of carboxylic acids is 1. The topological polar surface area (TPSA) is 52.6 Å². The molecular formula is C12H18N2O2. The van der Waals surface area contributed by atoms with Crippen LogP contribution in [-0.2, 0) is 11.3 Å². The highest BCUT2D eigenvalue weighted by Gasteiger charge is 2.16. The van der Waals surface area contributed by atoms with Gasteiger partial charge < -0.3 is 10.4 Å². The van der Waals surface area contributed by atoms with Crippen LogP contribution in [0.15, 0.2) is 30.3 Å². The molecule has 4 nitrogen and oxygen atoms in total. The number of carbonyl (C=O) groups is 1. The third-order valence-electron chi connectivity index (χ3n) is 2.44. The third-order valence-corrected chi connectivity index (χ3v) is 2.44. The maximum Gasteiger partial charge on any atom is 0.322 e. The Morgan fingerprint density at radius 1 is 1.44 bits per heavy atom. The number of hydrogen-bond acceptors (Lipinski definition) is 3. The summed E-state index contributed by atoms with van der Waals surface area (Å²) in [5.41, 5.74) is 1.19. The average Bonchev–Trinajstić information content (AvgIpc) is 2.27. The molecule has 1 aromatic carbocycles. The maximum absolute atomic E-state index is 10.8. The van der Waals surface area contributed by atoms with Crippen molar-refractivity contribution in [3.8, 4) is 0 Å². The van der Waals surface area contributed by atoms with E-state index in [2.05, 4.69) is 5.32 Å². The lowest BCUT2D eigenvalue weighted by Crippen LogP contribution is -2.43. The summed E-state index contributed by atoms with van der Waals surface area (Å²) < 4.78 is 0. The molecule has 0 saturated heterocycles. The second-order valence-corrected chi connectivity index (χ2v) is 3.86. The molecule has 0 aliphatic heterocycles. The fourth-order valence-corrected chi connectivity index (χ4v) is 1.56. The number of hydrogen-bond donors (Lipinski definition) is 2. The van der Waals surface area contributed by atoms with Crippen LogP contribution in [0.2, 0.25) is 0 Å². The molecule has 0 amide bonds. The molecule has 0 fully saturated rings. The van der Waals surface area contributed by atoms with Crippen molar-refractivity contribution in [1.29, 1.82) is 0 Å². The van der Waals surface area contributed by atoms with Gasteiger partial charge in [0.25, 0.3) is 0 Å². The van der Waals surface area contributed by atoms with E-state index in [1.165, 1.54) is 5.56 Å². The van der Waals surface area contributed by atoms with E-state index in [0.29, 0.717) is 6.54 Å². The van der Waals surface area contributed by atoms with Crippen LogP contribution in [-0.4, -0.2) is 42.7 Å². The summed E-state index contributed by atoms with van der Waals surface area (Å²) in [5, 5.41) is 11.7. The number of likely N-dealkylation sites (N-methyl/N-ethyl adjacent to an activating group) is 2. The van der Waals surface area contributed by atoms with Crippen molar-refractivity contribution in [3.63, 3.8) is 0 Å². The van der Waals surface area contributed by atoms with Gasteiger partial charge in [-0.1, -0.05) is 30.3 Å². The number of aliphatic carboxylic acids is 1. The quantitative estimate of drug-likeness (QED) is 0.747. The second kappa shape index (κ2) is 6.25. The Balaban J connectivity index is 2.47. The summed E-state index contributed by atoms with van der Waals surface area (Å²) >= 11 is 0. The lowest BCUT2D eigenvalue weighted by Gasteiger charge is -2.20. The Bertz CT molecular complexity index is 327. The molecule has 88 valence electrons. The van der Waals surface area contributed by atoms with Crippen molar-refractivity contribution in [2.75, 3.05) is 20.6 Å². The van der Waals surface area contributed by atoms with Crippen molar-refractivity contribution in [2.45, 2.75) is 12.6 Å². The van der Waals surface area contributed by atoms with Gasteiger partial charge in [-0.05, 0) is 19.7 Å². The fraction of sp³-hybridized carbons (Fsp3) is 0.417. The Morgan fingerprint density at radius 2 is 2.06 bits per heavy atom. The Morgan fingerprint density at radius 3 is 2.56 bits per heavy atom. The maximum atomic E-state index is 10.8. The smallest absolute Gasteiger partial charge is 0.322 e. The van der Waals surface area contributed by atoms with Gasteiger partial charge in [0.05, 0.1) is 0 Å². The number of rotatable bonds is 6. The molecule has 1 unspecified atom stereocenters. The van der Waals surface area contributed by atoms with E-state index in [9.17, 15) is 4.79 Å². The van der Waals surface area contributed by atoms with E-state index in [1.54, 1.807) is 7.05 Å². The van der Waals surface area contributed by atoms with Crippen molar-refractivity contribution in [2.24, 2.45) is 0 Å². The van der Waals surface area contributed by atoms with Gasteiger partial charge in [0.2, 0.25) is 0 Å². The van der Waals surface area contributed by atoms with Crippen LogP contribution in [0, 0.1) is 0 Å². The van der Waals surface area contributed by atoms with Gasteiger partial charge in [-0.25, -0.2) is 0 Å². The van der Waals surface area contributed by atoms with Crippen molar-refractivity contribution < 1.29 is 9.90 Å². The summed E-state index contributed by atoms with van der Waals surface area (Å²) in [6.45, 7) is 1.24. The Labute approximate surface area is 95.9 Å². The number of carboxylic acid groups (broad SMARTS) is 1. The summed E-state index contributed by atoms with van der Waals surface area (Å²) in [6.07, 6.45) is 0. The first-order valence-electron chi connectivity index (χ1n) is 5.26. The van der Waals surface area contributed by atoms with Crippen LogP contribution in [0.5, 0.6) is 0 Å². The highest BCUT2D eigenvalue weighted by atomic mass is 16.4. The van der Waals surface area contributed by atoms with Gasteiger partial charge in [-0.2, -0.15) is 0 Å². The van der Waals surface area contributed by atoms with Gasteiger partial charge >= 0.3 is 5.97 Å². The molecule has 1 aromatic rings. The molecule has 1 rings (SSSR count). The fourth-order valence-electron chi connectivity index (χ4n) is 1.56. The standard InChI is InChI=1S/C12H18N2O2/c1-13-11(12(15)16)9-14(2)8-10-6-4-3-5-7-10/h3-7,11,13H,8-9H2,1-2H3,(H,15,16). The molecule has 0 spiro atoms. The normalized spacial score (nSPS) is 12.7. The van der Waals surface area contributed by atoms with Crippen molar-refractivity contribution in [3.05, 3.63) is 35.9 Å². The van der Waals surface area contributed by atoms with Gasteiger partial charge in [0, 0.05) is 13.1 Å². The highest BCUT2D eigenvalue weighted by Crippen LogP contribution is 2.03. The zero-order valence-electron chi connectivity index (χ0n) is 9.68. The minimum atomic E-state index is -0.817. The summed E-state index contributed by atoms with van der Waals surface area (Å²) in [6, 6.07) is 9.48. The first kappa shape index (κ1) is 12.7.